The summed E-state index contributed by atoms with van der Waals surface area (Å²) in [6.45, 7) is 3.86. The van der Waals surface area contributed by atoms with Crippen molar-refractivity contribution in [1.82, 2.24) is 34.6 Å². The summed E-state index contributed by atoms with van der Waals surface area (Å²) in [5.74, 6) is 0.145. The summed E-state index contributed by atoms with van der Waals surface area (Å²) in [6, 6.07) is 7.71. The van der Waals surface area contributed by atoms with Crippen molar-refractivity contribution in [2.24, 2.45) is 0 Å². The number of hydrogen-bond acceptors (Lipinski definition) is 7. The van der Waals surface area contributed by atoms with Crippen molar-refractivity contribution >= 4 is 22.7 Å². The molecule has 0 bridgehead atoms. The number of nitrogens with one attached hydrogen (secondary N) is 2. The lowest BCUT2D eigenvalue weighted by Gasteiger charge is -2.26. The lowest BCUT2D eigenvalue weighted by atomic mass is 9.88. The number of fused-ring (bicyclic) bond motifs is 3. The smallest absolute Gasteiger partial charge is 0.324 e. The molecular formula is C26H25F3N8O. The van der Waals surface area contributed by atoms with E-state index in [1.54, 1.807) is 6.92 Å². The molecule has 3 aromatic heterocycles. The van der Waals surface area contributed by atoms with Gasteiger partial charge in [0.2, 0.25) is 5.95 Å². The summed E-state index contributed by atoms with van der Waals surface area (Å²) in [6.07, 6.45) is 0.510. The number of aromatic nitrogens is 6. The first-order valence-electron chi connectivity index (χ1n) is 12.8. The zero-order chi connectivity index (χ0) is 26.3. The number of anilines is 2. The van der Waals surface area contributed by atoms with Crippen LogP contribution >= 0.6 is 0 Å². The van der Waals surface area contributed by atoms with Gasteiger partial charge in [-0.1, -0.05) is 6.07 Å². The lowest BCUT2D eigenvalue weighted by molar-refractivity contribution is -0.162. The molecule has 2 fully saturated rings. The topological polar surface area (TPSA) is 103 Å². The van der Waals surface area contributed by atoms with Gasteiger partial charge < -0.3 is 10.6 Å². The molecule has 7 rings (SSSR count). The second kappa shape index (κ2) is 7.85. The molecule has 9 nitrogen and oxygen atoms in total. The van der Waals surface area contributed by atoms with Gasteiger partial charge in [-0.2, -0.15) is 18.2 Å². The SMILES string of the molecule is CCn1c(=O)c2cnc(Nc3ccc4c(c3)C3(CC3)CNC4)nc2n1-c1ccnc(C2(C(F)(F)F)CC2)n1. The average molecular weight is 523 g/mol. The highest BCUT2D eigenvalue weighted by Gasteiger charge is 2.66. The third-order valence-corrected chi connectivity index (χ3v) is 8.12. The highest BCUT2D eigenvalue weighted by Crippen LogP contribution is 2.57. The van der Waals surface area contributed by atoms with Gasteiger partial charge in [-0.15, -0.1) is 0 Å². The van der Waals surface area contributed by atoms with Crippen molar-refractivity contribution in [2.75, 3.05) is 11.9 Å². The molecule has 4 heterocycles. The molecule has 0 unspecified atom stereocenters. The Morgan fingerprint density at radius 3 is 2.63 bits per heavy atom. The summed E-state index contributed by atoms with van der Waals surface area (Å²) >= 11 is 0. The summed E-state index contributed by atoms with van der Waals surface area (Å²) < 4.78 is 44.1. The fraction of sp³-hybridized carbons (Fsp3) is 0.423. The standard InChI is InChI=1S/C26H25F3N8O/c1-2-36-21(38)17-13-32-23(33-16-4-3-15-12-30-14-24(6-7-24)18(15)11-16)35-20(17)37(36)19-5-10-31-22(34-19)25(8-9-25)26(27,28)29/h3-5,10-11,13,30H,2,6-9,12,14H2,1H3,(H,32,33,35). The minimum Gasteiger partial charge on any atom is -0.324 e. The van der Waals surface area contributed by atoms with Gasteiger partial charge in [0, 0.05) is 49.2 Å². The maximum absolute atomic E-state index is 13.8. The molecule has 2 aliphatic carbocycles. The zero-order valence-corrected chi connectivity index (χ0v) is 20.6. The molecule has 1 aromatic carbocycles. The normalized spacial score (nSPS) is 18.9. The molecule has 12 heteroatoms. The Labute approximate surface area is 215 Å². The van der Waals surface area contributed by atoms with Crippen LogP contribution in [0.1, 0.15) is 49.6 Å². The molecule has 3 aliphatic rings. The van der Waals surface area contributed by atoms with Crippen LogP contribution in [0.2, 0.25) is 0 Å². The van der Waals surface area contributed by atoms with E-state index in [1.807, 2.05) is 6.07 Å². The molecule has 4 aromatic rings. The zero-order valence-electron chi connectivity index (χ0n) is 20.6. The van der Waals surface area contributed by atoms with E-state index in [0.717, 1.165) is 31.6 Å². The largest absolute Gasteiger partial charge is 0.401 e. The Morgan fingerprint density at radius 1 is 1.11 bits per heavy atom. The summed E-state index contributed by atoms with van der Waals surface area (Å²) in [7, 11) is 0. The molecule has 1 spiro atoms. The lowest BCUT2D eigenvalue weighted by Crippen LogP contribution is -2.33. The van der Waals surface area contributed by atoms with Crippen LogP contribution in [0, 0.1) is 0 Å². The molecule has 0 radical (unpaired) electrons. The second-order valence-corrected chi connectivity index (χ2v) is 10.5. The van der Waals surface area contributed by atoms with Crippen LogP contribution in [0.25, 0.3) is 16.9 Å². The van der Waals surface area contributed by atoms with E-state index in [9.17, 15) is 18.0 Å². The van der Waals surface area contributed by atoms with Crippen LogP contribution in [0.3, 0.4) is 0 Å². The predicted octanol–water partition coefficient (Wildman–Crippen LogP) is 3.86. The van der Waals surface area contributed by atoms with Crippen molar-refractivity contribution in [2.45, 2.75) is 62.7 Å². The number of nitrogens with zero attached hydrogens (tertiary/aromatic N) is 6. The Kier molecular flexibility index (Phi) is 4.82. The van der Waals surface area contributed by atoms with Crippen LogP contribution in [-0.4, -0.2) is 42.0 Å². The summed E-state index contributed by atoms with van der Waals surface area (Å²) in [5.41, 5.74) is 1.55. The quantitative estimate of drug-likeness (QED) is 0.410. The highest BCUT2D eigenvalue weighted by atomic mass is 19.4. The molecule has 0 amide bonds. The van der Waals surface area contributed by atoms with Gasteiger partial charge in [-0.3, -0.25) is 4.79 Å². The van der Waals surface area contributed by atoms with Gasteiger partial charge in [0.15, 0.2) is 11.5 Å². The van der Waals surface area contributed by atoms with Crippen molar-refractivity contribution in [3.05, 3.63) is 64.0 Å². The third kappa shape index (κ3) is 3.39. The van der Waals surface area contributed by atoms with Crippen molar-refractivity contribution < 1.29 is 13.2 Å². The molecular weight excluding hydrogens is 497 g/mol. The van der Waals surface area contributed by atoms with E-state index in [0.29, 0.717) is 0 Å². The first-order valence-corrected chi connectivity index (χ1v) is 12.8. The van der Waals surface area contributed by atoms with E-state index >= 15 is 0 Å². The van der Waals surface area contributed by atoms with Crippen LogP contribution < -0.4 is 16.2 Å². The number of halogens is 3. The van der Waals surface area contributed by atoms with Crippen molar-refractivity contribution in [3.8, 4) is 5.82 Å². The molecule has 2 N–H and O–H groups in total. The molecule has 2 saturated carbocycles. The van der Waals surface area contributed by atoms with E-state index in [1.165, 1.54) is 39.0 Å². The molecule has 38 heavy (non-hydrogen) atoms. The Bertz CT molecular complexity index is 1650. The van der Waals surface area contributed by atoms with Gasteiger partial charge in [0.05, 0.1) is 0 Å². The number of hydrogen-bond donors (Lipinski definition) is 2. The monoisotopic (exact) mass is 522 g/mol. The Morgan fingerprint density at radius 2 is 1.92 bits per heavy atom. The van der Waals surface area contributed by atoms with Gasteiger partial charge >= 0.3 is 6.18 Å². The molecule has 1 aliphatic heterocycles. The predicted molar refractivity (Wildman–Crippen MR) is 134 cm³/mol. The van der Waals surface area contributed by atoms with Crippen molar-refractivity contribution in [1.29, 1.82) is 0 Å². The maximum Gasteiger partial charge on any atom is 0.401 e. The average Bonchev–Trinajstić information content (AvgIpc) is 3.83. The van der Waals surface area contributed by atoms with E-state index in [4.69, 9.17) is 0 Å². The first-order chi connectivity index (χ1) is 18.2. The summed E-state index contributed by atoms with van der Waals surface area (Å²) in [4.78, 5) is 30.4. The van der Waals surface area contributed by atoms with Gasteiger partial charge in [-0.25, -0.2) is 24.3 Å². The van der Waals surface area contributed by atoms with E-state index in [-0.39, 0.29) is 59.0 Å². The maximum atomic E-state index is 13.8. The number of rotatable bonds is 5. The fourth-order valence-electron chi connectivity index (χ4n) is 5.62. The fourth-order valence-corrected chi connectivity index (χ4v) is 5.62. The minimum atomic E-state index is -4.45. The Balaban J connectivity index is 1.30. The first kappa shape index (κ1) is 23.3. The van der Waals surface area contributed by atoms with Crippen LogP contribution in [0.4, 0.5) is 24.8 Å². The highest BCUT2D eigenvalue weighted by molar-refractivity contribution is 5.77. The van der Waals surface area contributed by atoms with Crippen LogP contribution in [-0.2, 0) is 23.9 Å². The number of alkyl halides is 3. The van der Waals surface area contributed by atoms with Crippen molar-refractivity contribution in [3.63, 3.8) is 0 Å². The van der Waals surface area contributed by atoms with Crippen LogP contribution in [0.15, 0.2) is 41.5 Å². The van der Waals surface area contributed by atoms with Gasteiger partial charge in [-0.05, 0) is 55.9 Å². The summed E-state index contributed by atoms with van der Waals surface area (Å²) in [5, 5.41) is 7.00. The molecule has 0 atom stereocenters. The van der Waals surface area contributed by atoms with E-state index < -0.39 is 11.6 Å². The van der Waals surface area contributed by atoms with Crippen LogP contribution in [0.5, 0.6) is 0 Å². The van der Waals surface area contributed by atoms with Gasteiger partial charge in [0.25, 0.3) is 5.56 Å². The molecule has 196 valence electrons. The molecule has 0 saturated heterocycles. The van der Waals surface area contributed by atoms with Gasteiger partial charge in [0.1, 0.15) is 16.6 Å². The third-order valence-electron chi connectivity index (χ3n) is 8.12. The Hall–Kier alpha value is -3.80. The second-order valence-electron chi connectivity index (χ2n) is 10.5. The van der Waals surface area contributed by atoms with E-state index in [2.05, 4.69) is 42.7 Å². The number of benzene rings is 1. The minimum absolute atomic E-state index is 0.0542.